The average molecular weight is 420 g/mol. The second-order valence-electron chi connectivity index (χ2n) is 6.63. The van der Waals surface area contributed by atoms with Gasteiger partial charge in [0.1, 0.15) is 0 Å². The third-order valence-electron chi connectivity index (χ3n) is 4.04. The lowest BCUT2D eigenvalue weighted by atomic mass is 10.0. The van der Waals surface area contributed by atoms with Crippen molar-refractivity contribution < 1.29 is 32.2 Å². The highest BCUT2D eigenvalue weighted by atomic mass is 19.4. The number of amides is 1. The minimum atomic E-state index is -4.77. The molecule has 0 spiro atoms. The van der Waals surface area contributed by atoms with Gasteiger partial charge in [0.2, 0.25) is 5.60 Å². The van der Waals surface area contributed by atoms with Crippen molar-refractivity contribution in [2.24, 2.45) is 0 Å². The third-order valence-corrected chi connectivity index (χ3v) is 4.04. The largest absolute Gasteiger partial charge is 0.447 e. The number of halogens is 3. The number of rotatable bonds is 7. The number of nitriles is 1. The van der Waals surface area contributed by atoms with E-state index in [1.165, 1.54) is 13.0 Å². The zero-order valence-corrected chi connectivity index (χ0v) is 16.2. The maximum absolute atomic E-state index is 13.1. The van der Waals surface area contributed by atoms with Gasteiger partial charge >= 0.3 is 12.1 Å². The van der Waals surface area contributed by atoms with E-state index in [1.807, 2.05) is 6.07 Å². The summed E-state index contributed by atoms with van der Waals surface area (Å²) in [5.74, 6) is -1.63. The fourth-order valence-electron chi connectivity index (χ4n) is 2.61. The van der Waals surface area contributed by atoms with Crippen molar-refractivity contribution in [1.29, 1.82) is 5.26 Å². The van der Waals surface area contributed by atoms with Gasteiger partial charge in [-0.1, -0.05) is 30.3 Å². The average Bonchev–Trinajstić information content (AvgIpc) is 2.67. The summed E-state index contributed by atoms with van der Waals surface area (Å²) in [6.45, 7) is 2.21. The highest BCUT2D eigenvalue weighted by Crippen LogP contribution is 2.33. The number of benzene rings is 2. The van der Waals surface area contributed by atoms with Crippen molar-refractivity contribution in [3.8, 4) is 6.07 Å². The Bertz CT molecular complexity index is 955. The minimum Gasteiger partial charge on any atom is -0.447 e. The molecule has 30 heavy (non-hydrogen) atoms. The first-order chi connectivity index (χ1) is 14.0. The maximum Gasteiger partial charge on any atom is 0.417 e. The Kier molecular flexibility index (Phi) is 7.19. The zero-order chi connectivity index (χ0) is 22.4. The van der Waals surface area contributed by atoms with Gasteiger partial charge in [-0.25, -0.2) is 0 Å². The van der Waals surface area contributed by atoms with Gasteiger partial charge in [0.25, 0.3) is 5.91 Å². The maximum atomic E-state index is 13.1. The Hall–Kier alpha value is -3.38. The van der Waals surface area contributed by atoms with E-state index >= 15 is 0 Å². The van der Waals surface area contributed by atoms with Crippen molar-refractivity contribution >= 4 is 17.6 Å². The van der Waals surface area contributed by atoms with Crippen LogP contribution >= 0.6 is 0 Å². The first-order valence-corrected chi connectivity index (χ1v) is 8.79. The van der Waals surface area contributed by atoms with Crippen LogP contribution in [-0.2, 0) is 31.8 Å². The molecule has 0 saturated carbocycles. The van der Waals surface area contributed by atoms with Gasteiger partial charge < -0.3 is 14.8 Å². The molecule has 0 unspecified atom stereocenters. The van der Waals surface area contributed by atoms with Crippen molar-refractivity contribution in [2.45, 2.75) is 32.2 Å². The molecule has 0 aliphatic rings. The van der Waals surface area contributed by atoms with Gasteiger partial charge in [0.05, 0.1) is 30.4 Å². The number of hydrogen-bond acceptors (Lipinski definition) is 5. The summed E-state index contributed by atoms with van der Waals surface area (Å²) in [7, 11) is 0. The van der Waals surface area contributed by atoms with E-state index in [9.17, 15) is 22.8 Å². The van der Waals surface area contributed by atoms with Crippen LogP contribution in [0.5, 0.6) is 0 Å². The quantitative estimate of drug-likeness (QED) is 0.683. The van der Waals surface area contributed by atoms with Crippen LogP contribution in [0.15, 0.2) is 48.5 Å². The van der Waals surface area contributed by atoms with Gasteiger partial charge in [-0.05, 0) is 30.7 Å². The molecule has 1 atom stereocenters. The summed E-state index contributed by atoms with van der Waals surface area (Å²) in [6.07, 6.45) is -4.77. The standard InChI is InChI=1S/C21H19F3N2O4/c1-14(27)30-20(2,13-29-12-15-6-4-3-5-7-15)19(28)26-17-9-8-16(11-25)18(10-17)21(22,23)24/h3-10H,12-13H2,1-2H3,(H,26,28)/t20-/m0/s1. The number of carbonyl (C=O) groups is 2. The molecule has 0 aromatic heterocycles. The lowest BCUT2D eigenvalue weighted by Crippen LogP contribution is -2.47. The Morgan fingerprint density at radius 1 is 1.13 bits per heavy atom. The monoisotopic (exact) mass is 420 g/mol. The van der Waals surface area contributed by atoms with E-state index in [0.29, 0.717) is 6.07 Å². The first-order valence-electron chi connectivity index (χ1n) is 8.79. The fraction of sp³-hybridized carbons (Fsp3) is 0.286. The van der Waals surface area contributed by atoms with Gasteiger partial charge in [-0.3, -0.25) is 9.59 Å². The van der Waals surface area contributed by atoms with Crippen LogP contribution in [0.25, 0.3) is 0 Å². The molecule has 0 aliphatic heterocycles. The fourth-order valence-corrected chi connectivity index (χ4v) is 2.61. The van der Waals surface area contributed by atoms with Gasteiger partial charge in [-0.15, -0.1) is 0 Å². The van der Waals surface area contributed by atoms with Crippen LogP contribution in [0.3, 0.4) is 0 Å². The smallest absolute Gasteiger partial charge is 0.417 e. The van der Waals surface area contributed by atoms with Crippen LogP contribution in [0.4, 0.5) is 18.9 Å². The molecule has 0 saturated heterocycles. The molecule has 6 nitrogen and oxygen atoms in total. The summed E-state index contributed by atoms with van der Waals surface area (Å²) in [6, 6.07) is 13.3. The number of alkyl halides is 3. The predicted octanol–water partition coefficient (Wildman–Crippen LogP) is 4.05. The minimum absolute atomic E-state index is 0.139. The number of esters is 1. The molecular formula is C21H19F3N2O4. The van der Waals surface area contributed by atoms with Crippen LogP contribution in [0, 0.1) is 11.3 Å². The zero-order valence-electron chi connectivity index (χ0n) is 16.2. The van der Waals surface area contributed by atoms with Crippen molar-refractivity contribution in [2.75, 3.05) is 11.9 Å². The SMILES string of the molecule is CC(=O)O[C@@](C)(COCc1ccccc1)C(=O)Nc1ccc(C#N)c(C(F)(F)F)c1. The summed E-state index contributed by atoms with van der Waals surface area (Å²) in [5, 5.41) is 11.2. The normalized spacial score (nSPS) is 13.1. The lowest BCUT2D eigenvalue weighted by Gasteiger charge is -2.27. The highest BCUT2D eigenvalue weighted by molar-refractivity contribution is 5.98. The molecule has 0 radical (unpaired) electrons. The molecule has 158 valence electrons. The number of carbonyl (C=O) groups excluding carboxylic acids is 2. The van der Waals surface area contributed by atoms with Gasteiger partial charge in [0, 0.05) is 12.6 Å². The number of ether oxygens (including phenoxy) is 2. The van der Waals surface area contributed by atoms with Gasteiger partial charge in [0.15, 0.2) is 0 Å². The molecule has 2 aromatic rings. The van der Waals surface area contributed by atoms with E-state index < -0.39 is 34.8 Å². The Balaban J connectivity index is 2.18. The van der Waals surface area contributed by atoms with E-state index in [4.69, 9.17) is 14.7 Å². The van der Waals surface area contributed by atoms with Crippen molar-refractivity contribution in [3.63, 3.8) is 0 Å². The van der Waals surface area contributed by atoms with E-state index in [0.717, 1.165) is 24.6 Å². The highest BCUT2D eigenvalue weighted by Gasteiger charge is 2.38. The molecule has 1 amide bonds. The van der Waals surface area contributed by atoms with Crippen LogP contribution < -0.4 is 5.32 Å². The van der Waals surface area contributed by atoms with E-state index in [-0.39, 0.29) is 18.9 Å². The molecule has 2 rings (SSSR count). The van der Waals surface area contributed by atoms with Crippen LogP contribution in [0.2, 0.25) is 0 Å². The van der Waals surface area contributed by atoms with Crippen molar-refractivity contribution in [1.82, 2.24) is 0 Å². The number of nitrogens with zero attached hydrogens (tertiary/aromatic N) is 1. The second kappa shape index (κ2) is 9.41. The number of hydrogen-bond donors (Lipinski definition) is 1. The summed E-state index contributed by atoms with van der Waals surface area (Å²) >= 11 is 0. The van der Waals surface area contributed by atoms with E-state index in [2.05, 4.69) is 5.32 Å². The summed E-state index contributed by atoms with van der Waals surface area (Å²) < 4.78 is 50.0. The molecule has 2 aromatic carbocycles. The Labute approximate surface area is 171 Å². The Morgan fingerprint density at radius 3 is 2.37 bits per heavy atom. The molecule has 9 heteroatoms. The topological polar surface area (TPSA) is 88.4 Å². The second-order valence-corrected chi connectivity index (χ2v) is 6.63. The third kappa shape index (κ3) is 6.06. The number of anilines is 1. The van der Waals surface area contributed by atoms with Crippen LogP contribution in [0.1, 0.15) is 30.5 Å². The van der Waals surface area contributed by atoms with Crippen LogP contribution in [-0.4, -0.2) is 24.1 Å². The molecular weight excluding hydrogens is 401 g/mol. The Morgan fingerprint density at radius 2 is 1.80 bits per heavy atom. The molecule has 0 fully saturated rings. The molecule has 0 bridgehead atoms. The number of nitrogens with one attached hydrogen (secondary N) is 1. The summed E-state index contributed by atoms with van der Waals surface area (Å²) in [4.78, 5) is 24.2. The molecule has 0 heterocycles. The summed E-state index contributed by atoms with van der Waals surface area (Å²) in [5.41, 5.74) is -2.92. The van der Waals surface area contributed by atoms with E-state index in [1.54, 1.807) is 24.3 Å². The predicted molar refractivity (Wildman–Crippen MR) is 101 cm³/mol. The lowest BCUT2D eigenvalue weighted by molar-refractivity contribution is -0.169. The van der Waals surface area contributed by atoms with Gasteiger partial charge in [-0.2, -0.15) is 18.4 Å². The molecule has 1 N–H and O–H groups in total. The first kappa shape index (κ1) is 22.9. The molecule has 0 aliphatic carbocycles. The van der Waals surface area contributed by atoms with Crippen molar-refractivity contribution in [3.05, 3.63) is 65.2 Å².